The number of benzene rings is 1. The topological polar surface area (TPSA) is 63.8 Å². The molecule has 1 aromatic carbocycles. The van der Waals surface area contributed by atoms with Gasteiger partial charge in [-0.3, -0.25) is 0 Å². The van der Waals surface area contributed by atoms with Gasteiger partial charge in [0, 0.05) is 16.8 Å². The van der Waals surface area contributed by atoms with Crippen LogP contribution in [0.2, 0.25) is 10.0 Å². The molecule has 0 aliphatic carbocycles. The van der Waals surface area contributed by atoms with Crippen LogP contribution in [-0.2, 0) is 6.42 Å². The lowest BCUT2D eigenvalue weighted by molar-refractivity contribution is 0.973. The van der Waals surface area contributed by atoms with Gasteiger partial charge in [0.25, 0.3) is 0 Å². The summed E-state index contributed by atoms with van der Waals surface area (Å²) in [5, 5.41) is 0.981. The van der Waals surface area contributed by atoms with E-state index in [0.29, 0.717) is 21.7 Å². The molecular weight excluding hydrogens is 283 g/mol. The Bertz CT molecular complexity index is 589. The molecule has 0 unspecified atom stereocenters. The van der Waals surface area contributed by atoms with Crippen LogP contribution in [-0.4, -0.2) is 9.97 Å². The van der Waals surface area contributed by atoms with Crippen molar-refractivity contribution in [2.75, 3.05) is 5.43 Å². The van der Waals surface area contributed by atoms with Gasteiger partial charge in [-0.1, -0.05) is 30.1 Å². The number of rotatable bonds is 3. The zero-order valence-electron chi connectivity index (χ0n) is 10.7. The Morgan fingerprint density at radius 3 is 2.53 bits per heavy atom. The van der Waals surface area contributed by atoms with Gasteiger partial charge < -0.3 is 5.43 Å². The molecule has 19 heavy (non-hydrogen) atoms. The standard InChI is InChI=1S/C13H14Cl2N4/c1-3-11-7(2)12(19-16)18-13(17-11)8-4-5-9(14)10(15)6-8/h4-6H,3,16H2,1-2H3,(H,17,18,19). The molecule has 0 saturated heterocycles. The van der Waals surface area contributed by atoms with Crippen molar-refractivity contribution in [2.45, 2.75) is 20.3 Å². The van der Waals surface area contributed by atoms with Crippen molar-refractivity contribution in [3.8, 4) is 11.4 Å². The largest absolute Gasteiger partial charge is 0.308 e. The van der Waals surface area contributed by atoms with E-state index in [0.717, 1.165) is 23.2 Å². The van der Waals surface area contributed by atoms with Crippen molar-refractivity contribution in [1.82, 2.24) is 9.97 Å². The molecule has 2 aromatic rings. The molecule has 0 fully saturated rings. The molecule has 0 spiro atoms. The highest BCUT2D eigenvalue weighted by Crippen LogP contribution is 2.28. The van der Waals surface area contributed by atoms with Crippen molar-refractivity contribution in [2.24, 2.45) is 5.84 Å². The minimum Gasteiger partial charge on any atom is -0.308 e. The molecule has 1 heterocycles. The summed E-state index contributed by atoms with van der Waals surface area (Å²) in [5.41, 5.74) is 5.30. The Labute approximate surface area is 121 Å². The number of hydrazine groups is 1. The first-order valence-electron chi connectivity index (χ1n) is 5.86. The van der Waals surface area contributed by atoms with Crippen LogP contribution in [0.3, 0.4) is 0 Å². The summed E-state index contributed by atoms with van der Waals surface area (Å²) in [6, 6.07) is 5.30. The highest BCUT2D eigenvalue weighted by atomic mass is 35.5. The van der Waals surface area contributed by atoms with E-state index < -0.39 is 0 Å². The third-order valence-electron chi connectivity index (χ3n) is 2.90. The maximum atomic E-state index is 6.01. The molecule has 0 radical (unpaired) electrons. The average molecular weight is 297 g/mol. The van der Waals surface area contributed by atoms with Crippen LogP contribution in [0, 0.1) is 6.92 Å². The first-order valence-corrected chi connectivity index (χ1v) is 6.62. The summed E-state index contributed by atoms with van der Waals surface area (Å²) in [7, 11) is 0. The van der Waals surface area contributed by atoms with Crippen molar-refractivity contribution >= 4 is 29.0 Å². The van der Waals surface area contributed by atoms with Crippen LogP contribution in [0.25, 0.3) is 11.4 Å². The summed E-state index contributed by atoms with van der Waals surface area (Å²) in [4.78, 5) is 8.92. The molecule has 0 aliphatic rings. The summed E-state index contributed by atoms with van der Waals surface area (Å²) >= 11 is 11.9. The van der Waals surface area contributed by atoms with Gasteiger partial charge in [-0.15, -0.1) is 0 Å². The van der Waals surface area contributed by atoms with Gasteiger partial charge in [0.05, 0.1) is 10.0 Å². The Balaban J connectivity index is 2.58. The van der Waals surface area contributed by atoms with E-state index in [1.807, 2.05) is 19.9 Å². The number of nitrogen functional groups attached to an aromatic ring is 1. The van der Waals surface area contributed by atoms with Crippen LogP contribution >= 0.6 is 23.2 Å². The molecule has 0 bridgehead atoms. The van der Waals surface area contributed by atoms with Gasteiger partial charge in [-0.25, -0.2) is 15.8 Å². The molecule has 0 atom stereocenters. The number of nitrogens with zero attached hydrogens (tertiary/aromatic N) is 2. The van der Waals surface area contributed by atoms with E-state index in [-0.39, 0.29) is 0 Å². The van der Waals surface area contributed by atoms with E-state index in [4.69, 9.17) is 29.0 Å². The maximum Gasteiger partial charge on any atom is 0.161 e. The molecule has 1 aromatic heterocycles. The Hall–Kier alpha value is -1.36. The van der Waals surface area contributed by atoms with Crippen molar-refractivity contribution in [1.29, 1.82) is 0 Å². The lowest BCUT2D eigenvalue weighted by Gasteiger charge is -2.11. The van der Waals surface area contributed by atoms with Crippen molar-refractivity contribution < 1.29 is 0 Å². The zero-order valence-corrected chi connectivity index (χ0v) is 12.2. The second-order valence-electron chi connectivity index (χ2n) is 4.09. The Morgan fingerprint density at radius 1 is 1.21 bits per heavy atom. The predicted molar refractivity (Wildman–Crippen MR) is 79.4 cm³/mol. The molecule has 0 aliphatic heterocycles. The van der Waals surface area contributed by atoms with Gasteiger partial charge >= 0.3 is 0 Å². The normalized spacial score (nSPS) is 10.6. The third kappa shape index (κ3) is 2.81. The second-order valence-corrected chi connectivity index (χ2v) is 4.91. The summed E-state index contributed by atoms with van der Waals surface area (Å²) < 4.78 is 0. The van der Waals surface area contributed by atoms with Crippen LogP contribution in [0.1, 0.15) is 18.2 Å². The SMILES string of the molecule is CCc1nc(-c2ccc(Cl)c(Cl)c2)nc(NN)c1C. The molecule has 2 rings (SSSR count). The zero-order chi connectivity index (χ0) is 14.0. The summed E-state index contributed by atoms with van der Waals surface area (Å²) in [6.07, 6.45) is 0.803. The third-order valence-corrected chi connectivity index (χ3v) is 3.64. The first-order chi connectivity index (χ1) is 9.06. The van der Waals surface area contributed by atoms with Gasteiger partial charge in [0.2, 0.25) is 0 Å². The molecule has 0 saturated carbocycles. The lowest BCUT2D eigenvalue weighted by Crippen LogP contribution is -2.13. The van der Waals surface area contributed by atoms with E-state index >= 15 is 0 Å². The fourth-order valence-electron chi connectivity index (χ4n) is 1.81. The molecule has 100 valence electrons. The highest BCUT2D eigenvalue weighted by Gasteiger charge is 2.11. The number of hydrogen-bond donors (Lipinski definition) is 2. The van der Waals surface area contributed by atoms with E-state index in [1.165, 1.54) is 0 Å². The minimum atomic E-state index is 0.476. The van der Waals surface area contributed by atoms with Crippen molar-refractivity contribution in [3.05, 3.63) is 39.5 Å². The predicted octanol–water partition coefficient (Wildman–Crippen LogP) is 3.61. The number of anilines is 1. The maximum absolute atomic E-state index is 6.01. The lowest BCUT2D eigenvalue weighted by atomic mass is 10.1. The van der Waals surface area contributed by atoms with Gasteiger partial charge in [-0.05, 0) is 31.5 Å². The number of halogens is 2. The minimum absolute atomic E-state index is 0.476. The first kappa shape index (κ1) is 14.1. The van der Waals surface area contributed by atoms with Crippen molar-refractivity contribution in [3.63, 3.8) is 0 Å². The Morgan fingerprint density at radius 2 is 1.95 bits per heavy atom. The van der Waals surface area contributed by atoms with Crippen LogP contribution < -0.4 is 11.3 Å². The molecule has 4 nitrogen and oxygen atoms in total. The fourth-order valence-corrected chi connectivity index (χ4v) is 2.11. The number of hydrogen-bond acceptors (Lipinski definition) is 4. The average Bonchev–Trinajstić information content (AvgIpc) is 2.42. The summed E-state index contributed by atoms with van der Waals surface area (Å²) in [6.45, 7) is 3.97. The molecule has 6 heteroatoms. The highest BCUT2D eigenvalue weighted by molar-refractivity contribution is 6.42. The fraction of sp³-hybridized carbons (Fsp3) is 0.231. The molecule has 3 N–H and O–H groups in total. The van der Waals surface area contributed by atoms with E-state index in [1.54, 1.807) is 12.1 Å². The number of nitrogens with two attached hydrogens (primary N) is 1. The number of aryl methyl sites for hydroxylation is 1. The number of nitrogens with one attached hydrogen (secondary N) is 1. The Kier molecular flexibility index (Phi) is 4.24. The van der Waals surface area contributed by atoms with Gasteiger partial charge in [0.1, 0.15) is 5.82 Å². The quantitative estimate of drug-likeness (QED) is 0.671. The van der Waals surface area contributed by atoms with Crippen LogP contribution in [0.5, 0.6) is 0 Å². The van der Waals surface area contributed by atoms with E-state index in [2.05, 4.69) is 15.4 Å². The summed E-state index contributed by atoms with van der Waals surface area (Å²) in [5.74, 6) is 6.68. The second kappa shape index (κ2) is 5.74. The molecule has 0 amide bonds. The van der Waals surface area contributed by atoms with E-state index in [9.17, 15) is 0 Å². The van der Waals surface area contributed by atoms with Gasteiger partial charge in [-0.2, -0.15) is 0 Å². The monoisotopic (exact) mass is 296 g/mol. The smallest absolute Gasteiger partial charge is 0.161 e. The number of aromatic nitrogens is 2. The van der Waals surface area contributed by atoms with Crippen LogP contribution in [0.15, 0.2) is 18.2 Å². The van der Waals surface area contributed by atoms with Gasteiger partial charge in [0.15, 0.2) is 5.82 Å². The van der Waals surface area contributed by atoms with Crippen LogP contribution in [0.4, 0.5) is 5.82 Å². The molecular formula is C13H14Cl2N4.